The predicted molar refractivity (Wildman–Crippen MR) is 252 cm³/mol. The van der Waals surface area contributed by atoms with E-state index in [0.29, 0.717) is 0 Å². The van der Waals surface area contributed by atoms with E-state index in [1.54, 1.807) is 0 Å². The van der Waals surface area contributed by atoms with Gasteiger partial charge < -0.3 is 9.80 Å². The average Bonchev–Trinajstić information content (AvgIpc) is 3.29. The summed E-state index contributed by atoms with van der Waals surface area (Å²) in [7, 11) is 0. The van der Waals surface area contributed by atoms with Gasteiger partial charge >= 0.3 is 0 Å². The Balaban J connectivity index is 1.06. The Bertz CT molecular complexity index is 2730. The minimum absolute atomic E-state index is 1.11. The van der Waals surface area contributed by atoms with E-state index in [4.69, 9.17) is 0 Å². The molecule has 0 spiro atoms. The molecule has 0 saturated heterocycles. The number of benzene rings is 9. The highest BCUT2D eigenvalue weighted by Crippen LogP contribution is 2.42. The van der Waals surface area contributed by atoms with Gasteiger partial charge in [0.15, 0.2) is 0 Å². The Kier molecular flexibility index (Phi) is 10.5. The van der Waals surface area contributed by atoms with Crippen molar-refractivity contribution in [2.75, 3.05) is 9.80 Å². The van der Waals surface area contributed by atoms with Gasteiger partial charge in [0.25, 0.3) is 0 Å². The summed E-state index contributed by atoms with van der Waals surface area (Å²) in [6.07, 6.45) is 0. The van der Waals surface area contributed by atoms with Crippen molar-refractivity contribution >= 4 is 34.1 Å². The summed E-state index contributed by atoms with van der Waals surface area (Å²) in [5.41, 5.74) is 20.0. The fourth-order valence-electron chi connectivity index (χ4n) is 8.09. The number of rotatable bonds is 10. The topological polar surface area (TPSA) is 6.48 Å². The Morgan fingerprint density at radius 2 is 0.559 bits per heavy atom. The van der Waals surface area contributed by atoms with Crippen LogP contribution in [0.3, 0.4) is 0 Å². The zero-order valence-electron chi connectivity index (χ0n) is 33.8. The Morgan fingerprint density at radius 3 is 0.898 bits per heavy atom. The maximum atomic E-state index is 2.37. The summed E-state index contributed by atoms with van der Waals surface area (Å²) in [6.45, 7) is 6.60. The largest absolute Gasteiger partial charge is 0.310 e. The van der Waals surface area contributed by atoms with Crippen LogP contribution in [0.1, 0.15) is 16.7 Å². The molecule has 0 atom stereocenters. The van der Waals surface area contributed by atoms with Crippen molar-refractivity contribution in [2.24, 2.45) is 0 Å². The lowest BCUT2D eigenvalue weighted by atomic mass is 9.98. The number of hydrogen-bond acceptors (Lipinski definition) is 2. The first-order chi connectivity index (χ1) is 29.0. The van der Waals surface area contributed by atoms with Gasteiger partial charge in [0.05, 0.1) is 0 Å². The third-order valence-electron chi connectivity index (χ3n) is 11.2. The molecule has 9 rings (SSSR count). The van der Waals surface area contributed by atoms with Crippen LogP contribution in [0.25, 0.3) is 44.5 Å². The van der Waals surface area contributed by atoms with Gasteiger partial charge in [-0.15, -0.1) is 0 Å². The second kappa shape index (κ2) is 16.6. The number of hydrogen-bond donors (Lipinski definition) is 0. The molecule has 0 amide bonds. The predicted octanol–water partition coefficient (Wildman–Crippen LogP) is 16.2. The van der Waals surface area contributed by atoms with Crippen molar-refractivity contribution < 1.29 is 0 Å². The Morgan fingerprint density at radius 1 is 0.237 bits per heavy atom. The molecule has 0 fully saturated rings. The summed E-state index contributed by atoms with van der Waals surface area (Å²) in [6, 6.07) is 80.9. The van der Waals surface area contributed by atoms with Crippen molar-refractivity contribution in [1.29, 1.82) is 0 Å². The second-order valence-corrected chi connectivity index (χ2v) is 15.3. The molecule has 0 radical (unpaired) electrons. The zero-order valence-corrected chi connectivity index (χ0v) is 33.8. The first-order valence-corrected chi connectivity index (χ1v) is 20.3. The van der Waals surface area contributed by atoms with Crippen molar-refractivity contribution in [3.8, 4) is 44.5 Å². The van der Waals surface area contributed by atoms with E-state index in [2.05, 4.69) is 255 Å². The molecule has 59 heavy (non-hydrogen) atoms. The normalized spacial score (nSPS) is 11.0. The van der Waals surface area contributed by atoms with E-state index < -0.39 is 0 Å². The van der Waals surface area contributed by atoms with Crippen molar-refractivity contribution in [2.45, 2.75) is 20.8 Å². The first kappa shape index (κ1) is 37.2. The lowest BCUT2D eigenvalue weighted by molar-refractivity contribution is 1.24. The third kappa shape index (κ3) is 7.94. The third-order valence-corrected chi connectivity index (χ3v) is 11.2. The molecule has 0 N–H and O–H groups in total. The Labute approximate surface area is 349 Å². The summed E-state index contributed by atoms with van der Waals surface area (Å²) in [4.78, 5) is 4.75. The van der Waals surface area contributed by atoms with E-state index in [0.717, 1.165) is 34.1 Å². The summed E-state index contributed by atoms with van der Waals surface area (Å²) >= 11 is 0. The lowest BCUT2D eigenvalue weighted by Gasteiger charge is -2.28. The van der Waals surface area contributed by atoms with Crippen LogP contribution >= 0.6 is 0 Å². The van der Waals surface area contributed by atoms with Gasteiger partial charge in [0.1, 0.15) is 0 Å². The van der Waals surface area contributed by atoms with Crippen LogP contribution in [0, 0.1) is 20.8 Å². The molecule has 9 aromatic carbocycles. The van der Waals surface area contributed by atoms with Gasteiger partial charge in [-0.1, -0.05) is 152 Å². The summed E-state index contributed by atoms with van der Waals surface area (Å²) in [5.74, 6) is 0. The van der Waals surface area contributed by atoms with E-state index in [1.807, 2.05) is 0 Å². The average molecular weight is 759 g/mol. The van der Waals surface area contributed by atoms with Crippen molar-refractivity contribution in [3.05, 3.63) is 241 Å². The van der Waals surface area contributed by atoms with E-state index in [1.165, 1.54) is 61.2 Å². The monoisotopic (exact) mass is 758 g/mol. The molecule has 0 aliphatic rings. The van der Waals surface area contributed by atoms with Gasteiger partial charge in [-0.05, 0) is 155 Å². The van der Waals surface area contributed by atoms with E-state index in [-0.39, 0.29) is 0 Å². The van der Waals surface area contributed by atoms with Gasteiger partial charge in [-0.25, -0.2) is 0 Å². The van der Waals surface area contributed by atoms with Crippen LogP contribution in [-0.4, -0.2) is 0 Å². The summed E-state index contributed by atoms with van der Waals surface area (Å²) < 4.78 is 0. The maximum Gasteiger partial charge on any atom is 0.0491 e. The van der Waals surface area contributed by atoms with Crippen LogP contribution < -0.4 is 9.80 Å². The second-order valence-electron chi connectivity index (χ2n) is 15.3. The summed E-state index contributed by atoms with van der Waals surface area (Å²) in [5, 5.41) is 0. The first-order valence-electron chi connectivity index (χ1n) is 20.3. The highest BCUT2D eigenvalue weighted by molar-refractivity contribution is 5.85. The van der Waals surface area contributed by atoms with Gasteiger partial charge in [0, 0.05) is 34.1 Å². The van der Waals surface area contributed by atoms with Crippen molar-refractivity contribution in [1.82, 2.24) is 0 Å². The molecular formula is C57H46N2. The highest BCUT2D eigenvalue weighted by Gasteiger charge is 2.19. The molecule has 0 heterocycles. The smallest absolute Gasteiger partial charge is 0.0491 e. The molecule has 2 heteroatoms. The lowest BCUT2D eigenvalue weighted by Crippen LogP contribution is -2.12. The molecule has 0 aliphatic heterocycles. The number of aryl methyl sites for hydroxylation is 3. The van der Waals surface area contributed by atoms with Crippen LogP contribution in [0.4, 0.5) is 34.1 Å². The molecule has 0 unspecified atom stereocenters. The molecule has 0 bridgehead atoms. The molecule has 9 aromatic rings. The fraction of sp³-hybridized carbons (Fsp3) is 0.0526. The van der Waals surface area contributed by atoms with Gasteiger partial charge in [-0.2, -0.15) is 0 Å². The fourth-order valence-corrected chi connectivity index (χ4v) is 8.09. The number of nitrogens with zero attached hydrogens (tertiary/aromatic N) is 2. The SMILES string of the molecule is Cc1cccc(N(c2ccc(-c3ccccc3)cc2)c2ccc(-c3ccc(N(c4ccc(-c5ccccc5)cc4)c4ccc(-c5ccccc5)cc4)c(C)c3)cc2C)c1. The maximum absolute atomic E-state index is 2.37. The minimum atomic E-state index is 1.11. The van der Waals surface area contributed by atoms with Crippen molar-refractivity contribution in [3.63, 3.8) is 0 Å². The zero-order chi connectivity index (χ0) is 40.1. The molecular weight excluding hydrogens is 713 g/mol. The highest BCUT2D eigenvalue weighted by atomic mass is 15.1. The van der Waals surface area contributed by atoms with E-state index >= 15 is 0 Å². The van der Waals surface area contributed by atoms with Gasteiger partial charge in [0.2, 0.25) is 0 Å². The quantitative estimate of drug-likeness (QED) is 0.137. The molecule has 0 saturated carbocycles. The van der Waals surface area contributed by atoms with Gasteiger partial charge in [-0.3, -0.25) is 0 Å². The molecule has 0 aliphatic carbocycles. The van der Waals surface area contributed by atoms with E-state index in [9.17, 15) is 0 Å². The molecule has 2 nitrogen and oxygen atoms in total. The molecule has 284 valence electrons. The van der Waals surface area contributed by atoms with Crippen LogP contribution in [0.15, 0.2) is 224 Å². The van der Waals surface area contributed by atoms with Crippen LogP contribution in [-0.2, 0) is 0 Å². The standard InChI is InChI=1S/C57H46N2/c1-41-14-13-21-55(38-41)59(54-34-26-49(27-35-54)46-19-11-6-12-20-46)57-37-29-51(40-43(57)3)50-28-36-56(42(2)39-50)58(52-30-22-47(23-31-52)44-15-7-4-8-16-44)53-32-24-48(25-33-53)45-17-9-5-10-18-45/h4-40H,1-3H3. The molecule has 0 aromatic heterocycles. The number of anilines is 6. The van der Waals surface area contributed by atoms with Crippen LogP contribution in [0.2, 0.25) is 0 Å². The Hall–Kier alpha value is -7.42. The minimum Gasteiger partial charge on any atom is -0.310 e. The van der Waals surface area contributed by atoms with Crippen LogP contribution in [0.5, 0.6) is 0 Å².